The first-order valence-electron chi connectivity index (χ1n) is 5.82. The molecule has 1 aliphatic rings. The van der Waals surface area contributed by atoms with E-state index < -0.39 is 11.7 Å². The van der Waals surface area contributed by atoms with E-state index in [0.717, 1.165) is 30.2 Å². The van der Waals surface area contributed by atoms with Crippen LogP contribution in [0.25, 0.3) is 0 Å². The average molecular weight is 243 g/mol. The molecular weight excluding hydrogens is 227 g/mol. The summed E-state index contributed by atoms with van der Waals surface area (Å²) in [6, 6.07) is 3.95. The highest BCUT2D eigenvalue weighted by molar-refractivity contribution is 5.56. The summed E-state index contributed by atoms with van der Waals surface area (Å²) < 4.78 is 37.7. The highest BCUT2D eigenvalue weighted by Gasteiger charge is 2.33. The maximum Gasteiger partial charge on any atom is 0.416 e. The monoisotopic (exact) mass is 243 g/mol. The number of hydrogen-bond acceptors (Lipinski definition) is 1. The van der Waals surface area contributed by atoms with Crippen LogP contribution in [0.2, 0.25) is 0 Å². The van der Waals surface area contributed by atoms with Gasteiger partial charge in [-0.15, -0.1) is 0 Å². The Hall–Kier alpha value is -1.19. The highest BCUT2D eigenvalue weighted by atomic mass is 19.4. The molecule has 17 heavy (non-hydrogen) atoms. The summed E-state index contributed by atoms with van der Waals surface area (Å²) in [5.74, 6) is 0. The maximum atomic E-state index is 12.6. The van der Waals surface area contributed by atoms with Crippen molar-refractivity contribution in [3.63, 3.8) is 0 Å². The second-order valence-electron chi connectivity index (χ2n) is 4.91. The lowest BCUT2D eigenvalue weighted by molar-refractivity contribution is -0.137. The molecule has 1 heterocycles. The third kappa shape index (κ3) is 2.40. The summed E-state index contributed by atoms with van der Waals surface area (Å²) in [5, 5.41) is 3.33. The van der Waals surface area contributed by atoms with Gasteiger partial charge in [-0.1, -0.05) is 6.92 Å². The van der Waals surface area contributed by atoms with E-state index in [1.807, 2.05) is 0 Å². The van der Waals surface area contributed by atoms with Gasteiger partial charge in [0.15, 0.2) is 0 Å². The Kier molecular flexibility index (Phi) is 2.84. The van der Waals surface area contributed by atoms with Crippen molar-refractivity contribution in [1.29, 1.82) is 0 Å². The number of anilines is 1. The third-order valence-electron chi connectivity index (χ3n) is 3.60. The summed E-state index contributed by atoms with van der Waals surface area (Å²) in [5.41, 5.74) is 1.06. The number of aryl methyl sites for hydroxylation is 1. The number of fused-ring (bicyclic) bond motifs is 1. The summed E-state index contributed by atoms with van der Waals surface area (Å²) in [6.45, 7) is 4.19. The minimum atomic E-state index is -4.25. The first-order valence-corrected chi connectivity index (χ1v) is 5.82. The van der Waals surface area contributed by atoms with Crippen LogP contribution in [0.15, 0.2) is 18.2 Å². The Morgan fingerprint density at radius 3 is 2.65 bits per heavy atom. The number of benzene rings is 1. The van der Waals surface area contributed by atoms with Crippen molar-refractivity contribution >= 4 is 5.69 Å². The fourth-order valence-electron chi connectivity index (χ4n) is 2.16. The van der Waals surface area contributed by atoms with Crippen LogP contribution in [-0.2, 0) is 12.6 Å². The summed E-state index contributed by atoms with van der Waals surface area (Å²) >= 11 is 0. The molecule has 0 radical (unpaired) electrons. The predicted molar refractivity (Wildman–Crippen MR) is 62.1 cm³/mol. The van der Waals surface area contributed by atoms with Gasteiger partial charge in [-0.3, -0.25) is 0 Å². The molecule has 0 fully saturated rings. The summed E-state index contributed by atoms with van der Waals surface area (Å²) in [6.07, 6.45) is -1.71. The van der Waals surface area contributed by atoms with E-state index in [0.29, 0.717) is 6.42 Å². The van der Waals surface area contributed by atoms with Gasteiger partial charge in [0.2, 0.25) is 0 Å². The number of rotatable bonds is 1. The molecule has 0 bridgehead atoms. The van der Waals surface area contributed by atoms with Crippen molar-refractivity contribution in [2.24, 2.45) is 0 Å². The molecule has 94 valence electrons. The lowest BCUT2D eigenvalue weighted by Gasteiger charge is -2.36. The molecule has 1 aromatic rings. The lowest BCUT2D eigenvalue weighted by Crippen LogP contribution is -2.37. The molecule has 1 atom stereocenters. The Balaban J connectivity index is 2.32. The van der Waals surface area contributed by atoms with E-state index in [1.165, 1.54) is 6.07 Å². The average Bonchev–Trinajstić information content (AvgIpc) is 2.27. The number of alkyl halides is 3. The van der Waals surface area contributed by atoms with Crippen molar-refractivity contribution in [1.82, 2.24) is 0 Å². The van der Waals surface area contributed by atoms with Crippen LogP contribution < -0.4 is 5.32 Å². The molecule has 0 amide bonds. The molecule has 0 saturated heterocycles. The first-order chi connectivity index (χ1) is 7.84. The van der Waals surface area contributed by atoms with E-state index >= 15 is 0 Å². The van der Waals surface area contributed by atoms with Gasteiger partial charge in [-0.25, -0.2) is 0 Å². The van der Waals surface area contributed by atoms with Crippen molar-refractivity contribution in [3.05, 3.63) is 29.3 Å². The molecule has 2 rings (SSSR count). The van der Waals surface area contributed by atoms with Gasteiger partial charge in [0.25, 0.3) is 0 Å². The standard InChI is InChI=1S/C13H16F3N/c1-3-12(2)7-6-9-8-10(13(14,15)16)4-5-11(9)17-12/h4-5,8,17H,3,6-7H2,1-2H3. The van der Waals surface area contributed by atoms with Crippen LogP contribution in [0, 0.1) is 0 Å². The van der Waals surface area contributed by atoms with Crippen molar-refractivity contribution in [2.75, 3.05) is 5.32 Å². The second-order valence-corrected chi connectivity index (χ2v) is 4.91. The van der Waals surface area contributed by atoms with Gasteiger partial charge >= 0.3 is 6.18 Å². The summed E-state index contributed by atoms with van der Waals surface area (Å²) in [4.78, 5) is 0. The molecule has 1 aliphatic heterocycles. The van der Waals surface area contributed by atoms with Gasteiger partial charge in [0.1, 0.15) is 0 Å². The van der Waals surface area contributed by atoms with Crippen LogP contribution in [0.3, 0.4) is 0 Å². The Morgan fingerprint density at radius 2 is 2.06 bits per heavy atom. The lowest BCUT2D eigenvalue weighted by atomic mass is 9.85. The van der Waals surface area contributed by atoms with Gasteiger partial charge < -0.3 is 5.32 Å². The Bertz CT molecular complexity index is 425. The predicted octanol–water partition coefficient (Wildman–Crippen LogP) is 4.23. The second kappa shape index (κ2) is 3.93. The molecule has 0 aliphatic carbocycles. The van der Waals surface area contributed by atoms with E-state index in [1.54, 1.807) is 6.07 Å². The molecule has 0 spiro atoms. The van der Waals surface area contributed by atoms with Crippen LogP contribution in [0.1, 0.15) is 37.8 Å². The SMILES string of the molecule is CCC1(C)CCc2cc(C(F)(F)F)ccc2N1. The fraction of sp³-hybridized carbons (Fsp3) is 0.538. The van der Waals surface area contributed by atoms with Crippen molar-refractivity contribution < 1.29 is 13.2 Å². The Morgan fingerprint density at radius 1 is 1.35 bits per heavy atom. The topological polar surface area (TPSA) is 12.0 Å². The molecule has 0 saturated carbocycles. The molecule has 1 unspecified atom stereocenters. The fourth-order valence-corrected chi connectivity index (χ4v) is 2.16. The normalized spacial score (nSPS) is 24.1. The first kappa shape index (κ1) is 12.3. The summed E-state index contributed by atoms with van der Waals surface area (Å²) in [7, 11) is 0. The number of halogens is 3. The zero-order valence-corrected chi connectivity index (χ0v) is 9.99. The van der Waals surface area contributed by atoms with E-state index in [2.05, 4.69) is 19.2 Å². The van der Waals surface area contributed by atoms with Crippen LogP contribution in [0.5, 0.6) is 0 Å². The van der Waals surface area contributed by atoms with Gasteiger partial charge in [-0.05, 0) is 49.9 Å². The van der Waals surface area contributed by atoms with E-state index in [9.17, 15) is 13.2 Å². The molecular formula is C13H16F3N. The van der Waals surface area contributed by atoms with Crippen molar-refractivity contribution in [2.45, 2.75) is 44.8 Å². The van der Waals surface area contributed by atoms with E-state index in [-0.39, 0.29) is 5.54 Å². The minimum Gasteiger partial charge on any atom is -0.380 e. The zero-order valence-electron chi connectivity index (χ0n) is 9.99. The smallest absolute Gasteiger partial charge is 0.380 e. The molecule has 4 heteroatoms. The Labute approximate surface area is 99.0 Å². The quantitative estimate of drug-likeness (QED) is 0.778. The van der Waals surface area contributed by atoms with Crippen LogP contribution in [0.4, 0.5) is 18.9 Å². The van der Waals surface area contributed by atoms with Gasteiger partial charge in [-0.2, -0.15) is 13.2 Å². The van der Waals surface area contributed by atoms with Crippen molar-refractivity contribution in [3.8, 4) is 0 Å². The molecule has 1 N–H and O–H groups in total. The third-order valence-corrected chi connectivity index (χ3v) is 3.60. The highest BCUT2D eigenvalue weighted by Crippen LogP contribution is 2.37. The van der Waals surface area contributed by atoms with Gasteiger partial charge in [0.05, 0.1) is 5.56 Å². The largest absolute Gasteiger partial charge is 0.416 e. The van der Waals surface area contributed by atoms with E-state index in [4.69, 9.17) is 0 Å². The van der Waals surface area contributed by atoms with Gasteiger partial charge in [0, 0.05) is 11.2 Å². The van der Waals surface area contributed by atoms with Crippen LogP contribution >= 0.6 is 0 Å². The number of nitrogens with one attached hydrogen (secondary N) is 1. The molecule has 0 aromatic heterocycles. The van der Waals surface area contributed by atoms with Crippen LogP contribution in [-0.4, -0.2) is 5.54 Å². The zero-order chi connectivity index (χ0) is 12.7. The molecule has 1 nitrogen and oxygen atoms in total. The molecule has 1 aromatic carbocycles. The number of hydrogen-bond donors (Lipinski definition) is 1. The maximum absolute atomic E-state index is 12.6. The minimum absolute atomic E-state index is 0.00670.